The molecule has 2 aromatic carbocycles. The summed E-state index contributed by atoms with van der Waals surface area (Å²) in [6.45, 7) is 2.29. The van der Waals surface area contributed by atoms with Crippen molar-refractivity contribution in [1.29, 1.82) is 0 Å². The smallest absolute Gasteiger partial charge is 0.316 e. The molecule has 0 saturated carbocycles. The van der Waals surface area contributed by atoms with Gasteiger partial charge >= 0.3 is 11.8 Å². The molecule has 0 spiro atoms. The number of carbonyl (C=O) groups excluding carboxylic acids is 2. The minimum atomic E-state index is -0.588. The van der Waals surface area contributed by atoms with Crippen molar-refractivity contribution in [1.82, 2.24) is 20.8 Å². The summed E-state index contributed by atoms with van der Waals surface area (Å²) in [5.74, 6) is -0.933. The normalized spacial score (nSPS) is 10.4. The van der Waals surface area contributed by atoms with Crippen molar-refractivity contribution in [3.05, 3.63) is 75.7 Å². The molecule has 0 aliphatic heterocycles. The minimum Gasteiger partial charge on any atom is -0.350 e. The van der Waals surface area contributed by atoms with Gasteiger partial charge in [0.25, 0.3) is 11.6 Å². The molecule has 0 atom stereocenters. The zero-order valence-corrected chi connectivity index (χ0v) is 15.4. The number of hydrogen-bond donors (Lipinski definition) is 2. The largest absolute Gasteiger partial charge is 0.350 e. The second-order valence-corrected chi connectivity index (χ2v) is 6.11. The van der Waals surface area contributed by atoms with Gasteiger partial charge in [0.05, 0.1) is 4.92 Å². The van der Waals surface area contributed by atoms with Crippen LogP contribution in [0.2, 0.25) is 0 Å². The van der Waals surface area contributed by atoms with E-state index in [4.69, 9.17) is 4.52 Å². The van der Waals surface area contributed by atoms with Gasteiger partial charge in [0.2, 0.25) is 5.82 Å². The fourth-order valence-electron chi connectivity index (χ4n) is 2.48. The molecule has 0 radical (unpaired) electrons. The van der Waals surface area contributed by atoms with Crippen molar-refractivity contribution in [2.24, 2.45) is 0 Å². The van der Waals surface area contributed by atoms with Crippen LogP contribution in [0.4, 0.5) is 5.69 Å². The second kappa shape index (κ2) is 8.74. The molecule has 29 heavy (non-hydrogen) atoms. The van der Waals surface area contributed by atoms with Crippen LogP contribution in [0.3, 0.4) is 0 Å². The molecule has 1 heterocycles. The Morgan fingerprint density at radius 3 is 2.41 bits per heavy atom. The summed E-state index contributed by atoms with van der Waals surface area (Å²) in [5, 5.41) is 19.7. The lowest BCUT2D eigenvalue weighted by atomic mass is 10.1. The number of amides is 2. The summed E-state index contributed by atoms with van der Waals surface area (Å²) in [6.07, 6.45) is 0. The highest BCUT2D eigenvalue weighted by Gasteiger charge is 2.16. The van der Waals surface area contributed by atoms with Gasteiger partial charge < -0.3 is 15.2 Å². The Morgan fingerprint density at radius 2 is 1.76 bits per heavy atom. The quantitative estimate of drug-likeness (QED) is 0.355. The number of aromatic nitrogens is 2. The minimum absolute atomic E-state index is 0.0667. The summed E-state index contributed by atoms with van der Waals surface area (Å²) in [4.78, 5) is 38.3. The van der Waals surface area contributed by atoms with Gasteiger partial charge in [-0.25, -0.2) is 0 Å². The third kappa shape index (κ3) is 5.01. The molecule has 10 nitrogen and oxygen atoms in total. The first-order chi connectivity index (χ1) is 13.9. The average Bonchev–Trinajstić information content (AvgIpc) is 3.21. The third-order valence-corrected chi connectivity index (χ3v) is 3.93. The van der Waals surface area contributed by atoms with E-state index in [1.165, 1.54) is 24.3 Å². The zero-order chi connectivity index (χ0) is 20.8. The lowest BCUT2D eigenvalue weighted by molar-refractivity contribution is -0.384. The summed E-state index contributed by atoms with van der Waals surface area (Å²) in [5.41, 5.74) is 1.93. The number of nitrogens with zero attached hydrogens (tertiary/aromatic N) is 3. The van der Waals surface area contributed by atoms with E-state index in [2.05, 4.69) is 20.8 Å². The predicted molar refractivity (Wildman–Crippen MR) is 102 cm³/mol. The van der Waals surface area contributed by atoms with Crippen molar-refractivity contribution in [2.75, 3.05) is 13.1 Å². The maximum Gasteiger partial charge on any atom is 0.316 e. The van der Waals surface area contributed by atoms with E-state index >= 15 is 0 Å². The van der Waals surface area contributed by atoms with Crippen LogP contribution in [0.15, 0.2) is 53.1 Å². The Kier molecular flexibility index (Phi) is 5.93. The first-order valence-corrected chi connectivity index (χ1v) is 8.65. The van der Waals surface area contributed by atoms with Crippen LogP contribution >= 0.6 is 0 Å². The van der Waals surface area contributed by atoms with Crippen molar-refractivity contribution in [2.45, 2.75) is 6.92 Å². The number of aryl methyl sites for hydroxylation is 1. The number of carbonyl (C=O) groups is 2. The second-order valence-electron chi connectivity index (χ2n) is 6.11. The van der Waals surface area contributed by atoms with E-state index in [0.29, 0.717) is 11.1 Å². The highest BCUT2D eigenvalue weighted by atomic mass is 16.6. The number of benzene rings is 2. The number of non-ortho nitro benzene ring substituents is 1. The molecular formula is C19H17N5O5. The maximum absolute atomic E-state index is 12.1. The highest BCUT2D eigenvalue weighted by Crippen LogP contribution is 2.19. The summed E-state index contributed by atoms with van der Waals surface area (Å²) in [6, 6.07) is 12.7. The average molecular weight is 395 g/mol. The SMILES string of the molecule is Cc1cccc(C(=O)NCCNC(=O)c2nc(-c3ccc([N+](=O)[O-])cc3)no2)c1. The van der Waals surface area contributed by atoms with Crippen LogP contribution in [0.1, 0.15) is 26.6 Å². The van der Waals surface area contributed by atoms with Gasteiger partial charge in [0.15, 0.2) is 0 Å². The Morgan fingerprint density at radius 1 is 1.07 bits per heavy atom. The fraction of sp³-hybridized carbons (Fsp3) is 0.158. The number of nitro groups is 1. The Balaban J connectivity index is 1.50. The van der Waals surface area contributed by atoms with Gasteiger partial charge in [-0.3, -0.25) is 19.7 Å². The maximum atomic E-state index is 12.1. The van der Waals surface area contributed by atoms with E-state index in [1.807, 2.05) is 13.0 Å². The molecule has 0 bridgehead atoms. The van der Waals surface area contributed by atoms with Gasteiger partial charge in [-0.1, -0.05) is 22.9 Å². The topological polar surface area (TPSA) is 140 Å². The number of rotatable bonds is 7. The summed E-state index contributed by atoms with van der Waals surface area (Å²) < 4.78 is 4.92. The van der Waals surface area contributed by atoms with Gasteiger partial charge in [0, 0.05) is 36.3 Å². The van der Waals surface area contributed by atoms with Crippen molar-refractivity contribution < 1.29 is 19.0 Å². The standard InChI is InChI=1S/C19H17N5O5/c1-12-3-2-4-14(11-12)17(25)20-9-10-21-18(26)19-22-16(23-29-19)13-5-7-15(8-6-13)24(27)28/h2-8,11H,9-10H2,1H3,(H,20,25)(H,21,26). The predicted octanol–water partition coefficient (Wildman–Crippen LogP) is 2.11. The molecule has 148 valence electrons. The first kappa shape index (κ1) is 19.7. The van der Waals surface area contributed by atoms with Crippen molar-refractivity contribution in [3.63, 3.8) is 0 Å². The number of nitro benzene ring substituents is 1. The van der Waals surface area contributed by atoms with Gasteiger partial charge in [-0.2, -0.15) is 4.98 Å². The van der Waals surface area contributed by atoms with Gasteiger partial charge in [0.1, 0.15) is 0 Å². The van der Waals surface area contributed by atoms with E-state index in [1.54, 1.807) is 18.2 Å². The first-order valence-electron chi connectivity index (χ1n) is 8.65. The van der Waals surface area contributed by atoms with E-state index in [-0.39, 0.29) is 36.4 Å². The third-order valence-electron chi connectivity index (χ3n) is 3.93. The van der Waals surface area contributed by atoms with Crippen molar-refractivity contribution in [3.8, 4) is 11.4 Å². The van der Waals surface area contributed by atoms with Gasteiger partial charge in [-0.15, -0.1) is 0 Å². The van der Waals surface area contributed by atoms with Crippen LogP contribution < -0.4 is 10.6 Å². The summed E-state index contributed by atoms with van der Waals surface area (Å²) in [7, 11) is 0. The van der Waals surface area contributed by atoms with Crippen LogP contribution in [0.5, 0.6) is 0 Å². The molecule has 1 aromatic heterocycles. The fourth-order valence-corrected chi connectivity index (χ4v) is 2.48. The Hall–Kier alpha value is -4.08. The van der Waals surface area contributed by atoms with E-state index in [9.17, 15) is 19.7 Å². The van der Waals surface area contributed by atoms with Crippen molar-refractivity contribution >= 4 is 17.5 Å². The van der Waals surface area contributed by atoms with E-state index < -0.39 is 10.8 Å². The molecule has 2 N–H and O–H groups in total. The zero-order valence-electron chi connectivity index (χ0n) is 15.4. The van der Waals surface area contributed by atoms with Crippen LogP contribution in [0.25, 0.3) is 11.4 Å². The lowest BCUT2D eigenvalue weighted by Crippen LogP contribution is -2.34. The van der Waals surface area contributed by atoms with Crippen LogP contribution in [-0.2, 0) is 0 Å². The molecule has 10 heteroatoms. The monoisotopic (exact) mass is 395 g/mol. The van der Waals surface area contributed by atoms with Gasteiger partial charge in [-0.05, 0) is 31.2 Å². The molecule has 0 unspecified atom stereocenters. The molecule has 3 rings (SSSR count). The Bertz CT molecular complexity index is 1050. The molecule has 0 aliphatic rings. The Labute approximate surface area is 165 Å². The molecule has 2 amide bonds. The lowest BCUT2D eigenvalue weighted by Gasteiger charge is -2.06. The van der Waals surface area contributed by atoms with E-state index in [0.717, 1.165) is 5.56 Å². The molecule has 3 aromatic rings. The van der Waals surface area contributed by atoms with Crippen LogP contribution in [-0.4, -0.2) is 40.0 Å². The molecule has 0 saturated heterocycles. The van der Waals surface area contributed by atoms with Crippen LogP contribution in [0, 0.1) is 17.0 Å². The number of nitrogens with one attached hydrogen (secondary N) is 2. The molecule has 0 aliphatic carbocycles. The molecule has 0 fully saturated rings. The number of hydrogen-bond acceptors (Lipinski definition) is 7. The highest BCUT2D eigenvalue weighted by molar-refractivity contribution is 5.94. The summed E-state index contributed by atoms with van der Waals surface area (Å²) >= 11 is 0. The molecular weight excluding hydrogens is 378 g/mol.